The number of aromatic nitrogens is 4. The van der Waals surface area contributed by atoms with Crippen molar-refractivity contribution in [1.82, 2.24) is 24.1 Å². The Morgan fingerprint density at radius 1 is 1.43 bits per heavy atom. The van der Waals surface area contributed by atoms with Gasteiger partial charge in [0.2, 0.25) is 5.03 Å². The molecule has 0 amide bonds. The lowest BCUT2D eigenvalue weighted by atomic mass is 10.4. The molecule has 0 unspecified atom stereocenters. The molecule has 3 rings (SSSR count). The maximum Gasteiger partial charge on any atom is 0.263 e. The molecule has 2 aromatic rings. The summed E-state index contributed by atoms with van der Waals surface area (Å²) in [7, 11) is -2.62. The summed E-state index contributed by atoms with van der Waals surface area (Å²) in [6.07, 6.45) is 3.07. The van der Waals surface area contributed by atoms with E-state index in [0.29, 0.717) is 5.82 Å². The van der Waals surface area contributed by atoms with Crippen LogP contribution in [0.2, 0.25) is 0 Å². The number of halogens is 1. The van der Waals surface area contributed by atoms with Crippen LogP contribution in [0.15, 0.2) is 23.4 Å². The van der Waals surface area contributed by atoms with E-state index in [0.717, 1.165) is 35.6 Å². The fraction of sp³-hybridized carbons (Fsp3) is 0.417. The third-order valence-corrected chi connectivity index (χ3v) is 5.17. The first-order valence-corrected chi connectivity index (χ1v) is 7.92. The minimum absolute atomic E-state index is 0.0331. The van der Waals surface area contributed by atoms with E-state index < -0.39 is 20.9 Å². The van der Waals surface area contributed by atoms with Crippen LogP contribution < -0.4 is 0 Å². The molecule has 0 aromatic carbocycles. The zero-order valence-corrected chi connectivity index (χ0v) is 12.2. The number of rotatable bonds is 4. The van der Waals surface area contributed by atoms with Gasteiger partial charge in [-0.1, -0.05) is 0 Å². The molecular formula is C12H14FN5O2S. The lowest BCUT2D eigenvalue weighted by Crippen LogP contribution is -2.29. The molecule has 0 aliphatic carbocycles. The Morgan fingerprint density at radius 3 is 3.00 bits per heavy atom. The maximum atomic E-state index is 13.6. The molecule has 0 N–H and O–H groups in total. The molecule has 2 aromatic heterocycles. The third kappa shape index (κ3) is 2.42. The van der Waals surface area contributed by atoms with Crippen molar-refractivity contribution in [1.29, 1.82) is 0 Å². The Bertz CT molecular complexity index is 774. The topological polar surface area (TPSA) is 81.0 Å². The van der Waals surface area contributed by atoms with Gasteiger partial charge in [0.05, 0.1) is 6.54 Å². The Kier molecular flexibility index (Phi) is 3.46. The SMILES string of the molecule is CN(Cc1nnc2n1CCC2)S(=O)(=O)c1ncccc1F. The molecule has 9 heteroatoms. The zero-order valence-electron chi connectivity index (χ0n) is 11.4. The quantitative estimate of drug-likeness (QED) is 0.825. The first-order chi connectivity index (χ1) is 10.00. The van der Waals surface area contributed by atoms with Crippen LogP contribution >= 0.6 is 0 Å². The van der Waals surface area contributed by atoms with Crippen molar-refractivity contribution in [2.45, 2.75) is 31.0 Å². The molecule has 0 saturated carbocycles. The average molecular weight is 311 g/mol. The van der Waals surface area contributed by atoms with Crippen molar-refractivity contribution in [3.05, 3.63) is 35.8 Å². The van der Waals surface area contributed by atoms with E-state index in [1.54, 1.807) is 0 Å². The van der Waals surface area contributed by atoms with Crippen molar-refractivity contribution < 1.29 is 12.8 Å². The number of aryl methyl sites for hydroxylation is 1. The van der Waals surface area contributed by atoms with E-state index in [1.165, 1.54) is 19.3 Å². The zero-order chi connectivity index (χ0) is 15.0. The third-order valence-electron chi connectivity index (χ3n) is 3.43. The fourth-order valence-electron chi connectivity index (χ4n) is 2.32. The minimum atomic E-state index is -4.00. The monoisotopic (exact) mass is 311 g/mol. The summed E-state index contributed by atoms with van der Waals surface area (Å²) in [5, 5.41) is 7.45. The number of sulfonamides is 1. The van der Waals surface area contributed by atoms with Gasteiger partial charge in [-0.3, -0.25) is 0 Å². The van der Waals surface area contributed by atoms with Crippen LogP contribution in [0.5, 0.6) is 0 Å². The van der Waals surface area contributed by atoms with E-state index in [9.17, 15) is 12.8 Å². The molecule has 0 fully saturated rings. The second kappa shape index (κ2) is 5.15. The number of pyridine rings is 1. The molecular weight excluding hydrogens is 297 g/mol. The first kappa shape index (κ1) is 14.1. The summed E-state index contributed by atoms with van der Waals surface area (Å²) in [6.45, 7) is 0.814. The van der Waals surface area contributed by atoms with Gasteiger partial charge in [0.15, 0.2) is 5.82 Å². The van der Waals surface area contributed by atoms with Crippen molar-refractivity contribution >= 4 is 10.0 Å². The van der Waals surface area contributed by atoms with Gasteiger partial charge in [-0.15, -0.1) is 10.2 Å². The highest BCUT2D eigenvalue weighted by Gasteiger charge is 2.28. The number of hydrogen-bond donors (Lipinski definition) is 0. The van der Waals surface area contributed by atoms with Gasteiger partial charge < -0.3 is 4.57 Å². The van der Waals surface area contributed by atoms with E-state index in [4.69, 9.17) is 0 Å². The molecule has 0 saturated heterocycles. The molecule has 0 spiro atoms. The second-order valence-electron chi connectivity index (χ2n) is 4.84. The van der Waals surface area contributed by atoms with Gasteiger partial charge in [0, 0.05) is 26.2 Å². The molecule has 3 heterocycles. The van der Waals surface area contributed by atoms with E-state index in [-0.39, 0.29) is 6.54 Å². The highest BCUT2D eigenvalue weighted by molar-refractivity contribution is 7.89. The summed E-state index contributed by atoms with van der Waals surface area (Å²) < 4.78 is 41.3. The molecule has 21 heavy (non-hydrogen) atoms. The van der Waals surface area contributed by atoms with E-state index in [1.807, 2.05) is 4.57 Å². The van der Waals surface area contributed by atoms with Gasteiger partial charge in [-0.25, -0.2) is 17.8 Å². The van der Waals surface area contributed by atoms with Gasteiger partial charge in [0.1, 0.15) is 11.6 Å². The predicted octanol–water partition coefficient (Wildman–Crippen LogP) is 0.579. The van der Waals surface area contributed by atoms with Crippen LogP contribution in [0.3, 0.4) is 0 Å². The molecule has 0 bridgehead atoms. The molecule has 0 radical (unpaired) electrons. The summed E-state index contributed by atoms with van der Waals surface area (Å²) in [6, 6.07) is 2.42. The smallest absolute Gasteiger partial charge is 0.263 e. The van der Waals surface area contributed by atoms with Crippen LogP contribution in [0, 0.1) is 5.82 Å². The van der Waals surface area contributed by atoms with Gasteiger partial charge in [-0.2, -0.15) is 4.31 Å². The highest BCUT2D eigenvalue weighted by Crippen LogP contribution is 2.19. The predicted molar refractivity (Wildman–Crippen MR) is 71.2 cm³/mol. The van der Waals surface area contributed by atoms with E-state index >= 15 is 0 Å². The largest absolute Gasteiger partial charge is 0.314 e. The summed E-state index contributed by atoms with van der Waals surface area (Å²) in [4.78, 5) is 3.63. The summed E-state index contributed by atoms with van der Waals surface area (Å²) >= 11 is 0. The Labute approximate surface area is 121 Å². The highest BCUT2D eigenvalue weighted by atomic mass is 32.2. The minimum Gasteiger partial charge on any atom is -0.314 e. The maximum absolute atomic E-state index is 13.6. The van der Waals surface area contributed by atoms with Gasteiger partial charge in [-0.05, 0) is 18.6 Å². The van der Waals surface area contributed by atoms with Crippen LogP contribution in [0.1, 0.15) is 18.1 Å². The molecule has 112 valence electrons. The Hall–Kier alpha value is -1.87. The summed E-state index contributed by atoms with van der Waals surface area (Å²) in [5.74, 6) is 0.556. The molecule has 1 aliphatic heterocycles. The van der Waals surface area contributed by atoms with Crippen molar-refractivity contribution in [2.75, 3.05) is 7.05 Å². The normalized spacial score (nSPS) is 14.6. The standard InChI is InChI=1S/C12H14FN5O2S/c1-17(8-11-16-15-10-5-3-7-18(10)11)21(19,20)12-9(13)4-2-6-14-12/h2,4,6H,3,5,7-8H2,1H3. The van der Waals surface area contributed by atoms with Gasteiger partial charge >= 0.3 is 0 Å². The summed E-state index contributed by atoms with van der Waals surface area (Å²) in [5.41, 5.74) is 0. The van der Waals surface area contributed by atoms with E-state index in [2.05, 4.69) is 15.2 Å². The molecule has 1 aliphatic rings. The van der Waals surface area contributed by atoms with Crippen LogP contribution in [-0.2, 0) is 29.5 Å². The second-order valence-corrected chi connectivity index (χ2v) is 6.80. The Morgan fingerprint density at radius 2 is 2.24 bits per heavy atom. The van der Waals surface area contributed by atoms with Crippen molar-refractivity contribution in [2.24, 2.45) is 0 Å². The number of fused-ring (bicyclic) bond motifs is 1. The van der Waals surface area contributed by atoms with Crippen LogP contribution in [0.25, 0.3) is 0 Å². The first-order valence-electron chi connectivity index (χ1n) is 6.48. The molecule has 7 nitrogen and oxygen atoms in total. The van der Waals surface area contributed by atoms with Crippen LogP contribution in [-0.4, -0.2) is 39.5 Å². The van der Waals surface area contributed by atoms with Crippen LogP contribution in [0.4, 0.5) is 4.39 Å². The van der Waals surface area contributed by atoms with Crippen molar-refractivity contribution in [3.63, 3.8) is 0 Å². The fourth-order valence-corrected chi connectivity index (χ4v) is 3.41. The van der Waals surface area contributed by atoms with Gasteiger partial charge in [0.25, 0.3) is 10.0 Å². The lowest BCUT2D eigenvalue weighted by Gasteiger charge is -2.16. The van der Waals surface area contributed by atoms with Crippen molar-refractivity contribution in [3.8, 4) is 0 Å². The number of nitrogens with zero attached hydrogens (tertiary/aromatic N) is 5. The number of hydrogen-bond acceptors (Lipinski definition) is 5. The average Bonchev–Trinajstić information content (AvgIpc) is 3.04. The molecule has 0 atom stereocenters. The lowest BCUT2D eigenvalue weighted by molar-refractivity contribution is 0.437. The Balaban J connectivity index is 1.88.